The lowest BCUT2D eigenvalue weighted by Gasteiger charge is -2.41. The summed E-state index contributed by atoms with van der Waals surface area (Å²) >= 11 is 0. The van der Waals surface area contributed by atoms with Crippen LogP contribution in [-0.2, 0) is 4.79 Å². The number of hydrogen-bond donors (Lipinski definition) is 2. The highest BCUT2D eigenvalue weighted by Crippen LogP contribution is 2.35. The number of hydrogen-bond acceptors (Lipinski definition) is 2. The van der Waals surface area contributed by atoms with Crippen LogP contribution in [0.5, 0.6) is 0 Å². The van der Waals surface area contributed by atoms with E-state index in [0.717, 1.165) is 19.4 Å². The molecule has 2 unspecified atom stereocenters. The number of carbonyl (C=O) groups excluding carboxylic acids is 1. The fraction of sp³-hybridized carbons (Fsp3) is 0.923. The van der Waals surface area contributed by atoms with Gasteiger partial charge in [0.1, 0.15) is 0 Å². The van der Waals surface area contributed by atoms with Crippen molar-refractivity contribution in [2.24, 2.45) is 5.41 Å². The molecule has 0 aromatic rings. The summed E-state index contributed by atoms with van der Waals surface area (Å²) in [6.45, 7) is 7.01. The Bertz CT molecular complexity index is 282. The van der Waals surface area contributed by atoms with E-state index in [4.69, 9.17) is 0 Å². The smallest absolute Gasteiger partial charge is 0.225 e. The van der Waals surface area contributed by atoms with Gasteiger partial charge in [-0.2, -0.15) is 0 Å². The first kappa shape index (κ1) is 11.9. The van der Waals surface area contributed by atoms with Crippen LogP contribution >= 0.6 is 0 Å². The van der Waals surface area contributed by atoms with Crippen molar-refractivity contribution < 1.29 is 4.79 Å². The Kier molecular flexibility index (Phi) is 2.99. The first-order valence-electron chi connectivity index (χ1n) is 6.50. The Morgan fingerprint density at radius 3 is 2.75 bits per heavy atom. The van der Waals surface area contributed by atoms with Crippen molar-refractivity contribution in [3.8, 4) is 0 Å². The predicted octanol–water partition coefficient (Wildman–Crippen LogP) is 1.82. The summed E-state index contributed by atoms with van der Waals surface area (Å²) in [5, 5.41) is 6.87. The third kappa shape index (κ3) is 2.10. The zero-order valence-electron chi connectivity index (χ0n) is 10.7. The molecule has 1 amide bonds. The van der Waals surface area contributed by atoms with Gasteiger partial charge in [-0.25, -0.2) is 0 Å². The van der Waals surface area contributed by atoms with E-state index in [2.05, 4.69) is 10.6 Å². The van der Waals surface area contributed by atoms with Gasteiger partial charge in [-0.3, -0.25) is 4.79 Å². The van der Waals surface area contributed by atoms with Crippen molar-refractivity contribution in [3.05, 3.63) is 0 Å². The summed E-state index contributed by atoms with van der Waals surface area (Å²) in [5.74, 6) is 0.197. The van der Waals surface area contributed by atoms with Crippen LogP contribution < -0.4 is 10.6 Å². The Balaban J connectivity index is 2.09. The molecular weight excluding hydrogens is 200 g/mol. The van der Waals surface area contributed by atoms with Crippen LogP contribution in [0, 0.1) is 5.41 Å². The lowest BCUT2D eigenvalue weighted by atomic mass is 9.77. The van der Waals surface area contributed by atoms with Crippen LogP contribution in [0.15, 0.2) is 0 Å². The van der Waals surface area contributed by atoms with Crippen LogP contribution in [0.1, 0.15) is 52.9 Å². The number of rotatable bonds is 1. The van der Waals surface area contributed by atoms with Crippen LogP contribution in [-0.4, -0.2) is 24.0 Å². The molecule has 0 bridgehead atoms. The van der Waals surface area contributed by atoms with Crippen molar-refractivity contribution in [2.45, 2.75) is 64.5 Å². The number of nitrogens with one attached hydrogen (secondary N) is 2. The maximum absolute atomic E-state index is 12.1. The molecule has 0 aromatic heterocycles. The minimum absolute atomic E-state index is 0.0581. The summed E-state index contributed by atoms with van der Waals surface area (Å²) in [4.78, 5) is 12.1. The van der Waals surface area contributed by atoms with E-state index in [-0.39, 0.29) is 16.9 Å². The standard InChI is InChI=1S/C13H24N2O/c1-12(2,3)11(16)15-13-7-5-4-6-10(13)14-9-8-13/h10,14H,4-9H2,1-3H3,(H,15,16). The molecule has 2 rings (SSSR count). The molecule has 0 radical (unpaired) electrons. The molecule has 2 atom stereocenters. The molecule has 3 nitrogen and oxygen atoms in total. The molecule has 1 aliphatic carbocycles. The summed E-state index contributed by atoms with van der Waals surface area (Å²) in [6.07, 6.45) is 6.00. The third-order valence-corrected chi connectivity index (χ3v) is 4.04. The average Bonchev–Trinajstić information content (AvgIpc) is 2.59. The van der Waals surface area contributed by atoms with Gasteiger partial charge in [-0.1, -0.05) is 33.6 Å². The van der Waals surface area contributed by atoms with E-state index >= 15 is 0 Å². The fourth-order valence-corrected chi connectivity index (χ4v) is 2.93. The van der Waals surface area contributed by atoms with Crippen molar-refractivity contribution in [1.82, 2.24) is 10.6 Å². The quantitative estimate of drug-likeness (QED) is 0.713. The van der Waals surface area contributed by atoms with Gasteiger partial charge in [0, 0.05) is 11.5 Å². The number of carbonyl (C=O) groups is 1. The van der Waals surface area contributed by atoms with Crippen molar-refractivity contribution in [3.63, 3.8) is 0 Å². The van der Waals surface area contributed by atoms with E-state index in [1.165, 1.54) is 19.3 Å². The Morgan fingerprint density at radius 2 is 2.06 bits per heavy atom. The molecule has 16 heavy (non-hydrogen) atoms. The van der Waals surface area contributed by atoms with Gasteiger partial charge in [0.2, 0.25) is 5.91 Å². The molecular formula is C13H24N2O. The van der Waals surface area contributed by atoms with Crippen molar-refractivity contribution >= 4 is 5.91 Å². The van der Waals surface area contributed by atoms with Gasteiger partial charge >= 0.3 is 0 Å². The molecule has 1 saturated heterocycles. The van der Waals surface area contributed by atoms with E-state index in [0.29, 0.717) is 6.04 Å². The molecule has 2 N–H and O–H groups in total. The zero-order chi connectivity index (χ0) is 11.8. The van der Waals surface area contributed by atoms with Gasteiger partial charge in [0.15, 0.2) is 0 Å². The maximum atomic E-state index is 12.1. The topological polar surface area (TPSA) is 41.1 Å². The second-order valence-corrected chi connectivity index (χ2v) is 6.36. The fourth-order valence-electron chi connectivity index (χ4n) is 2.93. The minimum Gasteiger partial charge on any atom is -0.349 e. The Labute approximate surface area is 98.4 Å². The molecule has 1 saturated carbocycles. The molecule has 1 heterocycles. The normalized spacial score (nSPS) is 34.6. The first-order chi connectivity index (χ1) is 7.44. The van der Waals surface area contributed by atoms with Crippen LogP contribution in [0.25, 0.3) is 0 Å². The molecule has 2 fully saturated rings. The number of amides is 1. The van der Waals surface area contributed by atoms with E-state index in [9.17, 15) is 4.79 Å². The predicted molar refractivity (Wildman–Crippen MR) is 65.2 cm³/mol. The maximum Gasteiger partial charge on any atom is 0.225 e. The van der Waals surface area contributed by atoms with Crippen molar-refractivity contribution in [2.75, 3.05) is 6.54 Å². The monoisotopic (exact) mass is 224 g/mol. The zero-order valence-corrected chi connectivity index (χ0v) is 10.7. The highest BCUT2D eigenvalue weighted by atomic mass is 16.2. The van der Waals surface area contributed by atoms with E-state index < -0.39 is 0 Å². The lowest BCUT2D eigenvalue weighted by molar-refractivity contribution is -0.131. The van der Waals surface area contributed by atoms with E-state index in [1.54, 1.807) is 0 Å². The molecule has 3 heteroatoms. The largest absolute Gasteiger partial charge is 0.349 e. The number of fused-ring (bicyclic) bond motifs is 1. The lowest BCUT2D eigenvalue weighted by Crippen LogP contribution is -2.59. The second kappa shape index (κ2) is 4.02. The van der Waals surface area contributed by atoms with Gasteiger partial charge in [-0.15, -0.1) is 0 Å². The summed E-state index contributed by atoms with van der Waals surface area (Å²) in [5.41, 5.74) is -0.220. The highest BCUT2D eigenvalue weighted by Gasteiger charge is 2.46. The van der Waals surface area contributed by atoms with Gasteiger partial charge in [0.25, 0.3) is 0 Å². The minimum atomic E-state index is -0.278. The summed E-state index contributed by atoms with van der Waals surface area (Å²) in [6, 6.07) is 0.507. The van der Waals surface area contributed by atoms with Gasteiger partial charge in [-0.05, 0) is 25.8 Å². The summed E-state index contributed by atoms with van der Waals surface area (Å²) in [7, 11) is 0. The van der Waals surface area contributed by atoms with E-state index in [1.807, 2.05) is 20.8 Å². The molecule has 92 valence electrons. The molecule has 1 aliphatic heterocycles. The first-order valence-corrected chi connectivity index (χ1v) is 6.50. The van der Waals surface area contributed by atoms with Crippen LogP contribution in [0.3, 0.4) is 0 Å². The average molecular weight is 224 g/mol. The SMILES string of the molecule is CC(C)(C)C(=O)NC12CCCCC1NCC2. The second-order valence-electron chi connectivity index (χ2n) is 6.36. The van der Waals surface area contributed by atoms with Gasteiger partial charge in [0.05, 0.1) is 5.54 Å². The molecule has 0 spiro atoms. The third-order valence-electron chi connectivity index (χ3n) is 4.04. The Hall–Kier alpha value is -0.570. The molecule has 2 aliphatic rings. The van der Waals surface area contributed by atoms with Gasteiger partial charge < -0.3 is 10.6 Å². The molecule has 0 aromatic carbocycles. The summed E-state index contributed by atoms with van der Waals surface area (Å²) < 4.78 is 0. The Morgan fingerprint density at radius 1 is 1.31 bits per heavy atom. The van der Waals surface area contributed by atoms with Crippen LogP contribution in [0.2, 0.25) is 0 Å². The van der Waals surface area contributed by atoms with Crippen LogP contribution in [0.4, 0.5) is 0 Å². The van der Waals surface area contributed by atoms with Crippen molar-refractivity contribution in [1.29, 1.82) is 0 Å². The highest BCUT2D eigenvalue weighted by molar-refractivity contribution is 5.82.